The van der Waals surface area contributed by atoms with Crippen molar-refractivity contribution in [3.05, 3.63) is 35.4 Å². The molecule has 0 radical (unpaired) electrons. The van der Waals surface area contributed by atoms with Crippen molar-refractivity contribution in [3.8, 4) is 6.07 Å². The lowest BCUT2D eigenvalue weighted by molar-refractivity contribution is 0.138. The van der Waals surface area contributed by atoms with Crippen molar-refractivity contribution in [1.82, 2.24) is 9.80 Å². The van der Waals surface area contributed by atoms with Crippen LogP contribution in [0.4, 0.5) is 0 Å². The van der Waals surface area contributed by atoms with E-state index in [9.17, 15) is 0 Å². The van der Waals surface area contributed by atoms with E-state index in [1.807, 2.05) is 12.1 Å². The predicted molar refractivity (Wildman–Crippen MR) is 69.7 cm³/mol. The maximum atomic E-state index is 8.99. The number of hydrogen-bond acceptors (Lipinski definition) is 4. The Morgan fingerprint density at radius 1 is 1.00 bits per heavy atom. The average molecular weight is 245 g/mol. The first-order chi connectivity index (χ1) is 8.81. The van der Waals surface area contributed by atoms with Crippen molar-refractivity contribution in [3.63, 3.8) is 0 Å². The van der Waals surface area contributed by atoms with Gasteiger partial charge in [0.25, 0.3) is 0 Å². The summed E-state index contributed by atoms with van der Waals surface area (Å²) in [7, 11) is 0. The molecule has 0 aromatic heterocycles. The van der Waals surface area contributed by atoms with E-state index in [0.29, 0.717) is 6.54 Å². The van der Waals surface area contributed by atoms with Gasteiger partial charge in [-0.05, 0) is 11.1 Å². The summed E-state index contributed by atoms with van der Waals surface area (Å²) < 4.78 is 0. The fourth-order valence-corrected chi connectivity index (χ4v) is 2.21. The standard InChI is InChI=1S/C14H19N3O/c15-5-6-16-7-9-17(10-8-16)11-13-1-3-14(12-18)4-2-13/h1-4,18H,6-12H2. The Hall–Kier alpha value is -1.41. The Bertz CT molecular complexity index is 402. The topological polar surface area (TPSA) is 50.5 Å². The maximum Gasteiger partial charge on any atom is 0.0866 e. The summed E-state index contributed by atoms with van der Waals surface area (Å²) in [6.45, 7) is 5.58. The van der Waals surface area contributed by atoms with E-state index >= 15 is 0 Å². The van der Waals surface area contributed by atoms with E-state index in [2.05, 4.69) is 28.0 Å². The highest BCUT2D eigenvalue weighted by Gasteiger charge is 2.16. The zero-order valence-corrected chi connectivity index (χ0v) is 10.5. The average Bonchev–Trinajstić information content (AvgIpc) is 2.42. The zero-order chi connectivity index (χ0) is 12.8. The van der Waals surface area contributed by atoms with Crippen LogP contribution in [-0.4, -0.2) is 47.6 Å². The fraction of sp³-hybridized carbons (Fsp3) is 0.500. The van der Waals surface area contributed by atoms with Gasteiger partial charge in [-0.1, -0.05) is 24.3 Å². The smallest absolute Gasteiger partial charge is 0.0866 e. The molecule has 1 aromatic carbocycles. The quantitative estimate of drug-likeness (QED) is 0.798. The molecule has 18 heavy (non-hydrogen) atoms. The Kier molecular flexibility index (Phi) is 4.71. The third kappa shape index (κ3) is 3.54. The Balaban J connectivity index is 1.82. The molecule has 1 fully saturated rings. The summed E-state index contributed by atoms with van der Waals surface area (Å²) in [5, 5.41) is 17.6. The molecule has 4 heteroatoms. The Morgan fingerprint density at radius 2 is 1.56 bits per heavy atom. The first-order valence-electron chi connectivity index (χ1n) is 6.32. The van der Waals surface area contributed by atoms with E-state index in [1.54, 1.807) is 0 Å². The minimum absolute atomic E-state index is 0.104. The van der Waals surface area contributed by atoms with Crippen molar-refractivity contribution in [1.29, 1.82) is 5.26 Å². The van der Waals surface area contributed by atoms with Crippen molar-refractivity contribution in [2.75, 3.05) is 32.7 Å². The summed E-state index contributed by atoms with van der Waals surface area (Å²) >= 11 is 0. The van der Waals surface area contributed by atoms with Gasteiger partial charge in [0.05, 0.1) is 19.2 Å². The van der Waals surface area contributed by atoms with Crippen LogP contribution in [0.15, 0.2) is 24.3 Å². The highest BCUT2D eigenvalue weighted by atomic mass is 16.3. The minimum Gasteiger partial charge on any atom is -0.392 e. The molecule has 1 heterocycles. The van der Waals surface area contributed by atoms with Crippen LogP contribution in [0.25, 0.3) is 0 Å². The molecule has 0 aliphatic carbocycles. The first kappa shape index (κ1) is 13.0. The molecule has 1 aromatic rings. The van der Waals surface area contributed by atoms with Gasteiger partial charge in [-0.2, -0.15) is 5.26 Å². The highest BCUT2D eigenvalue weighted by molar-refractivity contribution is 5.21. The second-order valence-corrected chi connectivity index (χ2v) is 4.69. The third-order valence-corrected chi connectivity index (χ3v) is 3.37. The van der Waals surface area contributed by atoms with E-state index in [1.165, 1.54) is 5.56 Å². The van der Waals surface area contributed by atoms with Crippen LogP contribution >= 0.6 is 0 Å². The Morgan fingerprint density at radius 3 is 2.11 bits per heavy atom. The number of piperazine rings is 1. The summed E-state index contributed by atoms with van der Waals surface area (Å²) in [4.78, 5) is 4.59. The number of aliphatic hydroxyl groups excluding tert-OH is 1. The van der Waals surface area contributed by atoms with Gasteiger partial charge in [-0.15, -0.1) is 0 Å². The van der Waals surface area contributed by atoms with E-state index < -0.39 is 0 Å². The van der Waals surface area contributed by atoms with Crippen LogP contribution in [0.1, 0.15) is 11.1 Å². The van der Waals surface area contributed by atoms with Crippen molar-refractivity contribution in [2.24, 2.45) is 0 Å². The molecule has 2 rings (SSSR count). The molecule has 1 aliphatic rings. The molecular formula is C14H19N3O. The number of hydrogen-bond donors (Lipinski definition) is 1. The molecule has 1 aliphatic heterocycles. The second kappa shape index (κ2) is 6.50. The maximum absolute atomic E-state index is 8.99. The molecule has 96 valence electrons. The molecular weight excluding hydrogens is 226 g/mol. The largest absolute Gasteiger partial charge is 0.392 e. The van der Waals surface area contributed by atoms with Gasteiger partial charge in [0.2, 0.25) is 0 Å². The van der Waals surface area contributed by atoms with E-state index in [4.69, 9.17) is 10.4 Å². The number of nitriles is 1. The van der Waals surface area contributed by atoms with Gasteiger partial charge >= 0.3 is 0 Å². The lowest BCUT2D eigenvalue weighted by Crippen LogP contribution is -2.45. The summed E-state index contributed by atoms with van der Waals surface area (Å²) in [6, 6.07) is 10.3. The van der Waals surface area contributed by atoms with Gasteiger partial charge < -0.3 is 5.11 Å². The monoisotopic (exact) mass is 245 g/mol. The number of rotatable bonds is 4. The molecule has 1 saturated heterocycles. The van der Waals surface area contributed by atoms with Gasteiger partial charge in [-0.25, -0.2) is 0 Å². The molecule has 1 N–H and O–H groups in total. The van der Waals surface area contributed by atoms with Gasteiger partial charge in [0, 0.05) is 32.7 Å². The highest BCUT2D eigenvalue weighted by Crippen LogP contribution is 2.10. The van der Waals surface area contributed by atoms with Gasteiger partial charge in [-0.3, -0.25) is 9.80 Å². The molecule has 0 atom stereocenters. The lowest BCUT2D eigenvalue weighted by atomic mass is 10.1. The first-order valence-corrected chi connectivity index (χ1v) is 6.32. The fourth-order valence-electron chi connectivity index (χ4n) is 2.21. The van der Waals surface area contributed by atoms with Gasteiger partial charge in [0.1, 0.15) is 0 Å². The molecule has 0 saturated carbocycles. The van der Waals surface area contributed by atoms with Crippen LogP contribution in [0.5, 0.6) is 0 Å². The number of aliphatic hydroxyl groups is 1. The number of nitrogens with zero attached hydrogens (tertiary/aromatic N) is 3. The summed E-state index contributed by atoms with van der Waals surface area (Å²) in [5.74, 6) is 0. The summed E-state index contributed by atoms with van der Waals surface area (Å²) in [5.41, 5.74) is 2.23. The van der Waals surface area contributed by atoms with Crippen LogP contribution in [0.2, 0.25) is 0 Å². The SMILES string of the molecule is N#CCN1CCN(Cc2ccc(CO)cc2)CC1. The van der Waals surface area contributed by atoms with Crippen LogP contribution in [0.3, 0.4) is 0 Å². The van der Waals surface area contributed by atoms with Crippen LogP contribution < -0.4 is 0 Å². The lowest BCUT2D eigenvalue weighted by Gasteiger charge is -2.33. The number of benzene rings is 1. The predicted octanol–water partition coefficient (Wildman–Crippen LogP) is 0.820. The molecule has 0 bridgehead atoms. The van der Waals surface area contributed by atoms with Gasteiger partial charge in [0.15, 0.2) is 0 Å². The molecule has 4 nitrogen and oxygen atoms in total. The van der Waals surface area contributed by atoms with E-state index in [-0.39, 0.29) is 6.61 Å². The van der Waals surface area contributed by atoms with Crippen LogP contribution in [0, 0.1) is 11.3 Å². The Labute approximate surface area is 108 Å². The second-order valence-electron chi connectivity index (χ2n) is 4.69. The third-order valence-electron chi connectivity index (χ3n) is 3.37. The molecule has 0 spiro atoms. The molecule has 0 unspecified atom stereocenters. The molecule has 0 amide bonds. The minimum atomic E-state index is 0.104. The zero-order valence-electron chi connectivity index (χ0n) is 10.5. The summed E-state index contributed by atoms with van der Waals surface area (Å²) in [6.07, 6.45) is 0. The van der Waals surface area contributed by atoms with Crippen molar-refractivity contribution >= 4 is 0 Å². The van der Waals surface area contributed by atoms with Crippen molar-refractivity contribution < 1.29 is 5.11 Å². The van der Waals surface area contributed by atoms with Crippen LogP contribution in [-0.2, 0) is 13.2 Å². The van der Waals surface area contributed by atoms with E-state index in [0.717, 1.165) is 38.3 Å². The van der Waals surface area contributed by atoms with Crippen molar-refractivity contribution in [2.45, 2.75) is 13.2 Å². The normalized spacial score (nSPS) is 17.6.